The van der Waals surface area contributed by atoms with E-state index in [4.69, 9.17) is 5.11 Å². The SMILES string of the molecule is CC(C)=CCc1ccc(/C=C/C(=O)O)cc1NC(=O)CCc1ccccc1. The third-order valence-corrected chi connectivity index (χ3v) is 4.04. The molecule has 0 spiro atoms. The molecule has 0 aliphatic rings. The van der Waals surface area contributed by atoms with Crippen molar-refractivity contribution in [2.75, 3.05) is 5.32 Å². The van der Waals surface area contributed by atoms with Gasteiger partial charge in [-0.05, 0) is 55.5 Å². The molecule has 4 heteroatoms. The Morgan fingerprint density at radius 1 is 1.07 bits per heavy atom. The minimum absolute atomic E-state index is 0.0586. The van der Waals surface area contributed by atoms with Gasteiger partial charge in [0.2, 0.25) is 5.91 Å². The van der Waals surface area contributed by atoms with Gasteiger partial charge in [0.1, 0.15) is 0 Å². The zero-order valence-corrected chi connectivity index (χ0v) is 15.7. The van der Waals surface area contributed by atoms with Crippen LogP contribution in [0.2, 0.25) is 0 Å². The van der Waals surface area contributed by atoms with Gasteiger partial charge in [-0.2, -0.15) is 0 Å². The van der Waals surface area contributed by atoms with Crippen molar-refractivity contribution in [3.63, 3.8) is 0 Å². The van der Waals surface area contributed by atoms with Gasteiger partial charge in [-0.25, -0.2) is 4.79 Å². The summed E-state index contributed by atoms with van der Waals surface area (Å²) in [6, 6.07) is 15.5. The summed E-state index contributed by atoms with van der Waals surface area (Å²) in [5.41, 5.74) is 4.77. The first-order valence-electron chi connectivity index (χ1n) is 8.95. The first-order chi connectivity index (χ1) is 12.9. The van der Waals surface area contributed by atoms with E-state index < -0.39 is 5.97 Å². The zero-order valence-electron chi connectivity index (χ0n) is 15.7. The van der Waals surface area contributed by atoms with Crippen molar-refractivity contribution in [2.24, 2.45) is 0 Å². The molecule has 0 saturated heterocycles. The third-order valence-electron chi connectivity index (χ3n) is 4.04. The molecular weight excluding hydrogens is 338 g/mol. The Kier molecular flexibility index (Phi) is 7.56. The Hall–Kier alpha value is -3.14. The van der Waals surface area contributed by atoms with E-state index in [-0.39, 0.29) is 5.91 Å². The maximum absolute atomic E-state index is 12.4. The van der Waals surface area contributed by atoms with E-state index in [1.165, 1.54) is 11.6 Å². The van der Waals surface area contributed by atoms with Gasteiger partial charge in [-0.15, -0.1) is 0 Å². The number of rotatable bonds is 8. The van der Waals surface area contributed by atoms with Crippen LogP contribution in [0.5, 0.6) is 0 Å². The van der Waals surface area contributed by atoms with Crippen molar-refractivity contribution in [3.8, 4) is 0 Å². The van der Waals surface area contributed by atoms with E-state index in [0.29, 0.717) is 19.3 Å². The lowest BCUT2D eigenvalue weighted by molar-refractivity contribution is -0.131. The number of benzene rings is 2. The summed E-state index contributed by atoms with van der Waals surface area (Å²) in [7, 11) is 0. The lowest BCUT2D eigenvalue weighted by Crippen LogP contribution is -2.14. The lowest BCUT2D eigenvalue weighted by Gasteiger charge is -2.12. The van der Waals surface area contributed by atoms with Gasteiger partial charge in [0.15, 0.2) is 0 Å². The molecule has 140 valence electrons. The van der Waals surface area contributed by atoms with Crippen molar-refractivity contribution in [2.45, 2.75) is 33.1 Å². The van der Waals surface area contributed by atoms with Crippen molar-refractivity contribution in [3.05, 3.63) is 82.9 Å². The number of allylic oxidation sites excluding steroid dienone is 2. The fraction of sp³-hybridized carbons (Fsp3) is 0.217. The van der Waals surface area contributed by atoms with E-state index in [0.717, 1.165) is 28.5 Å². The maximum atomic E-state index is 12.4. The fourth-order valence-corrected chi connectivity index (χ4v) is 2.59. The maximum Gasteiger partial charge on any atom is 0.328 e. The molecule has 27 heavy (non-hydrogen) atoms. The van der Waals surface area contributed by atoms with Crippen molar-refractivity contribution < 1.29 is 14.7 Å². The summed E-state index contributed by atoms with van der Waals surface area (Å²) in [5.74, 6) is -1.06. The number of anilines is 1. The number of nitrogens with one attached hydrogen (secondary N) is 1. The Morgan fingerprint density at radius 2 is 1.81 bits per heavy atom. The van der Waals surface area contributed by atoms with Gasteiger partial charge in [0.25, 0.3) is 0 Å². The summed E-state index contributed by atoms with van der Waals surface area (Å²) >= 11 is 0. The normalized spacial score (nSPS) is 10.6. The molecule has 2 rings (SSSR count). The summed E-state index contributed by atoms with van der Waals surface area (Å²) in [5, 5.41) is 11.8. The van der Waals surface area contributed by atoms with Crippen LogP contribution in [-0.2, 0) is 22.4 Å². The molecule has 2 aromatic carbocycles. The Bertz CT molecular complexity index is 847. The number of aliphatic carboxylic acids is 1. The fourth-order valence-electron chi connectivity index (χ4n) is 2.59. The minimum atomic E-state index is -1.00. The van der Waals surface area contributed by atoms with E-state index in [2.05, 4.69) is 11.4 Å². The van der Waals surface area contributed by atoms with Crippen LogP contribution in [0.3, 0.4) is 0 Å². The third kappa shape index (κ3) is 7.32. The number of carboxylic acid groups (broad SMARTS) is 1. The molecule has 0 heterocycles. The van der Waals surface area contributed by atoms with Gasteiger partial charge in [0, 0.05) is 18.2 Å². The summed E-state index contributed by atoms with van der Waals surface area (Å²) < 4.78 is 0. The van der Waals surface area contributed by atoms with Gasteiger partial charge >= 0.3 is 5.97 Å². The van der Waals surface area contributed by atoms with Crippen LogP contribution in [0, 0.1) is 0 Å². The Morgan fingerprint density at radius 3 is 2.48 bits per heavy atom. The molecule has 0 atom stereocenters. The molecule has 0 bridgehead atoms. The molecule has 0 saturated carbocycles. The number of carbonyl (C=O) groups is 2. The Balaban J connectivity index is 2.14. The molecule has 0 aliphatic heterocycles. The van der Waals surface area contributed by atoms with Gasteiger partial charge in [-0.3, -0.25) is 4.79 Å². The highest BCUT2D eigenvalue weighted by molar-refractivity contribution is 5.92. The number of amides is 1. The lowest BCUT2D eigenvalue weighted by atomic mass is 10.0. The predicted molar refractivity (Wildman–Crippen MR) is 110 cm³/mol. The van der Waals surface area contributed by atoms with Gasteiger partial charge in [0.05, 0.1) is 0 Å². The van der Waals surface area contributed by atoms with Crippen molar-refractivity contribution in [1.29, 1.82) is 0 Å². The summed E-state index contributed by atoms with van der Waals surface area (Å²) in [6.45, 7) is 4.06. The monoisotopic (exact) mass is 363 g/mol. The smallest absolute Gasteiger partial charge is 0.328 e. The summed E-state index contributed by atoms with van der Waals surface area (Å²) in [4.78, 5) is 23.2. The molecule has 1 amide bonds. The summed E-state index contributed by atoms with van der Waals surface area (Å²) in [6.07, 6.45) is 6.48. The molecule has 0 fully saturated rings. The topological polar surface area (TPSA) is 66.4 Å². The van der Waals surface area contributed by atoms with E-state index in [1.807, 2.05) is 62.4 Å². The van der Waals surface area contributed by atoms with Crippen LogP contribution in [0.4, 0.5) is 5.69 Å². The first-order valence-corrected chi connectivity index (χ1v) is 8.95. The molecule has 2 aromatic rings. The number of carboxylic acids is 1. The second kappa shape index (κ2) is 10.1. The van der Waals surface area contributed by atoms with Gasteiger partial charge in [-0.1, -0.05) is 54.1 Å². The number of carbonyl (C=O) groups excluding carboxylic acids is 1. The second-order valence-electron chi connectivity index (χ2n) is 6.61. The average Bonchev–Trinajstić information content (AvgIpc) is 2.64. The minimum Gasteiger partial charge on any atom is -0.478 e. The van der Waals surface area contributed by atoms with Crippen molar-refractivity contribution in [1.82, 2.24) is 0 Å². The van der Waals surface area contributed by atoms with E-state index in [1.54, 1.807) is 0 Å². The van der Waals surface area contributed by atoms with Gasteiger partial charge < -0.3 is 10.4 Å². The zero-order chi connectivity index (χ0) is 19.6. The van der Waals surface area contributed by atoms with Crippen LogP contribution in [0.15, 0.2) is 66.3 Å². The van der Waals surface area contributed by atoms with Crippen LogP contribution in [0.25, 0.3) is 6.08 Å². The molecule has 0 radical (unpaired) electrons. The standard InChI is InChI=1S/C23H25NO3/c1-17(2)8-12-20-13-9-19(11-15-23(26)27)16-21(20)24-22(25)14-10-18-6-4-3-5-7-18/h3-9,11,13,15-16H,10,12,14H2,1-2H3,(H,24,25)(H,26,27)/b15-11+. The number of hydrogen-bond acceptors (Lipinski definition) is 2. The largest absolute Gasteiger partial charge is 0.478 e. The highest BCUT2D eigenvalue weighted by atomic mass is 16.4. The predicted octanol–water partition coefficient (Wildman–Crippen LogP) is 4.86. The number of aryl methyl sites for hydroxylation is 1. The van der Waals surface area contributed by atoms with Crippen LogP contribution >= 0.6 is 0 Å². The van der Waals surface area contributed by atoms with Crippen molar-refractivity contribution >= 4 is 23.6 Å². The first kappa shape index (κ1) is 20.2. The molecular formula is C23H25NO3. The molecule has 4 nitrogen and oxygen atoms in total. The van der Waals surface area contributed by atoms with E-state index in [9.17, 15) is 9.59 Å². The average molecular weight is 363 g/mol. The highest BCUT2D eigenvalue weighted by Crippen LogP contribution is 2.21. The molecule has 0 unspecified atom stereocenters. The second-order valence-corrected chi connectivity index (χ2v) is 6.61. The number of hydrogen-bond donors (Lipinski definition) is 2. The molecule has 2 N–H and O–H groups in total. The Labute approximate surface area is 160 Å². The molecule has 0 aliphatic carbocycles. The highest BCUT2D eigenvalue weighted by Gasteiger charge is 2.08. The quantitative estimate of drug-likeness (QED) is 0.520. The van der Waals surface area contributed by atoms with Crippen LogP contribution in [0.1, 0.15) is 37.0 Å². The molecule has 0 aromatic heterocycles. The van der Waals surface area contributed by atoms with E-state index >= 15 is 0 Å². The van der Waals surface area contributed by atoms with Crippen LogP contribution < -0.4 is 5.32 Å². The van der Waals surface area contributed by atoms with Crippen LogP contribution in [-0.4, -0.2) is 17.0 Å².